The summed E-state index contributed by atoms with van der Waals surface area (Å²) < 4.78 is 3.73. The Labute approximate surface area is 139 Å². The van der Waals surface area contributed by atoms with Gasteiger partial charge in [-0.1, -0.05) is 18.2 Å². The molecule has 1 amide bonds. The molecule has 0 aliphatic rings. The third-order valence-electron chi connectivity index (χ3n) is 3.87. The predicted octanol–water partition coefficient (Wildman–Crippen LogP) is 3.69. The second kappa shape index (κ2) is 5.70. The second-order valence-corrected chi connectivity index (χ2v) is 5.66. The molecule has 0 aliphatic carbocycles. The molecule has 0 spiro atoms. The zero-order chi connectivity index (χ0) is 16.5. The van der Waals surface area contributed by atoms with Crippen LogP contribution >= 0.6 is 0 Å². The average molecular weight is 316 g/mol. The molecule has 0 bridgehead atoms. The summed E-state index contributed by atoms with van der Waals surface area (Å²) in [6, 6.07) is 19.4. The predicted molar refractivity (Wildman–Crippen MR) is 93.7 cm³/mol. The maximum atomic E-state index is 12.4. The number of hydrogen-bond donors (Lipinski definition) is 1. The van der Waals surface area contributed by atoms with Crippen molar-refractivity contribution in [2.24, 2.45) is 0 Å². The first-order chi connectivity index (χ1) is 11.7. The van der Waals surface area contributed by atoms with E-state index in [1.807, 2.05) is 72.1 Å². The van der Waals surface area contributed by atoms with Crippen molar-refractivity contribution in [2.75, 3.05) is 5.32 Å². The van der Waals surface area contributed by atoms with Gasteiger partial charge in [-0.05, 0) is 55.0 Å². The molecule has 0 unspecified atom stereocenters. The van der Waals surface area contributed by atoms with E-state index in [9.17, 15) is 4.79 Å². The number of aromatic nitrogens is 3. The molecule has 5 heteroatoms. The Morgan fingerprint density at radius 2 is 1.92 bits per heavy atom. The summed E-state index contributed by atoms with van der Waals surface area (Å²) in [6.45, 7) is 1.99. The Balaban J connectivity index is 1.61. The van der Waals surface area contributed by atoms with Crippen molar-refractivity contribution in [3.8, 4) is 5.82 Å². The van der Waals surface area contributed by atoms with Crippen molar-refractivity contribution in [3.63, 3.8) is 0 Å². The van der Waals surface area contributed by atoms with E-state index in [1.165, 1.54) is 0 Å². The molecule has 1 N–H and O–H groups in total. The van der Waals surface area contributed by atoms with Gasteiger partial charge in [0.05, 0.1) is 0 Å². The molecule has 118 valence electrons. The number of rotatable bonds is 3. The fourth-order valence-electron chi connectivity index (χ4n) is 2.72. The average Bonchev–Trinajstić information content (AvgIpc) is 3.21. The van der Waals surface area contributed by atoms with Gasteiger partial charge in [0.1, 0.15) is 5.82 Å². The van der Waals surface area contributed by atoms with Crippen molar-refractivity contribution in [3.05, 3.63) is 84.3 Å². The van der Waals surface area contributed by atoms with Crippen molar-refractivity contribution in [1.82, 2.24) is 14.2 Å². The third kappa shape index (κ3) is 2.56. The zero-order valence-corrected chi connectivity index (χ0v) is 13.2. The van der Waals surface area contributed by atoms with Gasteiger partial charge >= 0.3 is 0 Å². The summed E-state index contributed by atoms with van der Waals surface area (Å²) in [6.07, 6.45) is 3.76. The van der Waals surface area contributed by atoms with E-state index in [2.05, 4.69) is 10.4 Å². The summed E-state index contributed by atoms with van der Waals surface area (Å²) >= 11 is 0. The van der Waals surface area contributed by atoms with Gasteiger partial charge in [-0.25, -0.2) is 4.68 Å². The molecule has 0 aliphatic heterocycles. The SMILES string of the molecule is Cc1cccc(NC(=O)c2ccn(-c3ccc4ccccn34)n2)c1. The standard InChI is InChI=1S/C19H16N4O/c1-14-5-4-6-15(13-14)20-19(24)17-10-12-23(21-17)18-9-8-16-7-2-3-11-22(16)18/h2-13H,1H3,(H,20,24). The number of carbonyl (C=O) groups is 1. The van der Waals surface area contributed by atoms with Crippen LogP contribution in [0.4, 0.5) is 5.69 Å². The van der Waals surface area contributed by atoms with Crippen LogP contribution in [0.15, 0.2) is 73.1 Å². The van der Waals surface area contributed by atoms with Crippen molar-refractivity contribution < 1.29 is 4.79 Å². The first-order valence-corrected chi connectivity index (χ1v) is 7.71. The topological polar surface area (TPSA) is 51.3 Å². The second-order valence-electron chi connectivity index (χ2n) is 5.66. The van der Waals surface area contributed by atoms with Gasteiger partial charge in [-0.2, -0.15) is 5.10 Å². The maximum Gasteiger partial charge on any atom is 0.276 e. The lowest BCUT2D eigenvalue weighted by Crippen LogP contribution is -2.13. The minimum Gasteiger partial charge on any atom is -0.321 e. The third-order valence-corrected chi connectivity index (χ3v) is 3.87. The lowest BCUT2D eigenvalue weighted by Gasteiger charge is -2.04. The molecule has 0 saturated heterocycles. The van der Waals surface area contributed by atoms with Gasteiger partial charge < -0.3 is 9.72 Å². The van der Waals surface area contributed by atoms with E-state index in [0.717, 1.165) is 22.6 Å². The van der Waals surface area contributed by atoms with E-state index >= 15 is 0 Å². The van der Waals surface area contributed by atoms with Crippen molar-refractivity contribution in [1.29, 1.82) is 0 Å². The molecule has 1 aromatic carbocycles. The van der Waals surface area contributed by atoms with E-state index < -0.39 is 0 Å². The lowest BCUT2D eigenvalue weighted by atomic mass is 10.2. The van der Waals surface area contributed by atoms with Crippen LogP contribution < -0.4 is 5.32 Å². The monoisotopic (exact) mass is 316 g/mol. The highest BCUT2D eigenvalue weighted by atomic mass is 16.1. The van der Waals surface area contributed by atoms with Gasteiger partial charge in [-0.15, -0.1) is 0 Å². The molecule has 0 radical (unpaired) electrons. The van der Waals surface area contributed by atoms with Crippen LogP contribution in [0.5, 0.6) is 0 Å². The van der Waals surface area contributed by atoms with Crippen LogP contribution in [0.2, 0.25) is 0 Å². The van der Waals surface area contributed by atoms with E-state index in [4.69, 9.17) is 0 Å². The highest BCUT2D eigenvalue weighted by molar-refractivity contribution is 6.02. The molecule has 0 atom stereocenters. The first kappa shape index (κ1) is 14.3. The maximum absolute atomic E-state index is 12.4. The van der Waals surface area contributed by atoms with Crippen LogP contribution in [-0.2, 0) is 0 Å². The summed E-state index contributed by atoms with van der Waals surface area (Å²) in [5.41, 5.74) is 3.32. The number of benzene rings is 1. The number of anilines is 1. The molecular formula is C19H16N4O. The van der Waals surface area contributed by atoms with E-state index in [-0.39, 0.29) is 5.91 Å². The van der Waals surface area contributed by atoms with Gasteiger partial charge in [0.25, 0.3) is 5.91 Å². The molecule has 4 rings (SSSR count). The Bertz CT molecular complexity index is 1030. The molecule has 4 aromatic rings. The summed E-state index contributed by atoms with van der Waals surface area (Å²) in [5.74, 6) is 0.667. The van der Waals surface area contributed by atoms with Gasteiger partial charge in [0.2, 0.25) is 0 Å². The fourth-order valence-corrected chi connectivity index (χ4v) is 2.72. The molecule has 5 nitrogen and oxygen atoms in total. The smallest absolute Gasteiger partial charge is 0.276 e. The minimum absolute atomic E-state index is 0.222. The Kier molecular flexibility index (Phi) is 3.39. The van der Waals surface area contributed by atoms with Gasteiger partial charge in [0, 0.05) is 23.6 Å². The van der Waals surface area contributed by atoms with Crippen LogP contribution in [0.25, 0.3) is 11.3 Å². The molecule has 3 aromatic heterocycles. The molecule has 24 heavy (non-hydrogen) atoms. The number of fused-ring (bicyclic) bond motifs is 1. The first-order valence-electron chi connectivity index (χ1n) is 7.71. The highest BCUT2D eigenvalue weighted by Gasteiger charge is 2.12. The number of aryl methyl sites for hydroxylation is 1. The number of pyridine rings is 1. The van der Waals surface area contributed by atoms with Gasteiger partial charge in [0.15, 0.2) is 5.69 Å². The van der Waals surface area contributed by atoms with E-state index in [0.29, 0.717) is 5.69 Å². The Morgan fingerprint density at radius 3 is 2.79 bits per heavy atom. The highest BCUT2D eigenvalue weighted by Crippen LogP contribution is 2.15. The van der Waals surface area contributed by atoms with Gasteiger partial charge in [-0.3, -0.25) is 4.79 Å². The van der Waals surface area contributed by atoms with Crippen LogP contribution in [-0.4, -0.2) is 20.1 Å². The molecule has 0 fully saturated rings. The number of amides is 1. The normalized spacial score (nSPS) is 10.9. The quantitative estimate of drug-likeness (QED) is 0.627. The molecule has 0 saturated carbocycles. The number of carbonyl (C=O) groups excluding carboxylic acids is 1. The minimum atomic E-state index is -0.222. The van der Waals surface area contributed by atoms with Crippen LogP contribution in [0.1, 0.15) is 16.1 Å². The Hall–Kier alpha value is -3.34. The summed E-state index contributed by atoms with van der Waals surface area (Å²) in [7, 11) is 0. The number of nitrogens with zero attached hydrogens (tertiary/aromatic N) is 3. The van der Waals surface area contributed by atoms with E-state index in [1.54, 1.807) is 16.9 Å². The van der Waals surface area contributed by atoms with Crippen LogP contribution in [0, 0.1) is 6.92 Å². The zero-order valence-electron chi connectivity index (χ0n) is 13.2. The number of hydrogen-bond acceptors (Lipinski definition) is 2. The Morgan fingerprint density at radius 1 is 1.00 bits per heavy atom. The lowest BCUT2D eigenvalue weighted by molar-refractivity contribution is 0.102. The molecule has 3 heterocycles. The largest absolute Gasteiger partial charge is 0.321 e. The molecular weight excluding hydrogens is 300 g/mol. The fraction of sp³-hybridized carbons (Fsp3) is 0.0526. The van der Waals surface area contributed by atoms with Crippen LogP contribution in [0.3, 0.4) is 0 Å². The summed E-state index contributed by atoms with van der Waals surface area (Å²) in [5, 5.41) is 7.28. The number of nitrogens with one attached hydrogen (secondary N) is 1. The summed E-state index contributed by atoms with van der Waals surface area (Å²) in [4.78, 5) is 12.4. The van der Waals surface area contributed by atoms with Crippen molar-refractivity contribution in [2.45, 2.75) is 6.92 Å². The van der Waals surface area contributed by atoms with Crippen molar-refractivity contribution >= 4 is 17.1 Å².